The van der Waals surface area contributed by atoms with Crippen LogP contribution in [0.2, 0.25) is 5.02 Å². The molecule has 0 amide bonds. The van der Waals surface area contributed by atoms with Crippen LogP contribution < -0.4 is 19.6 Å². The highest BCUT2D eigenvalue weighted by molar-refractivity contribution is 9.10. The van der Waals surface area contributed by atoms with Crippen molar-refractivity contribution in [2.24, 2.45) is 4.99 Å². The predicted octanol–water partition coefficient (Wildman–Crippen LogP) is 4.13. The number of halogens is 2. The Bertz CT molecular complexity index is 1720. The quantitative estimate of drug-likeness (QED) is 0.171. The van der Waals surface area contributed by atoms with E-state index in [0.717, 1.165) is 11.3 Å². The molecular formula is C26H19BrClN3O6S. The summed E-state index contributed by atoms with van der Waals surface area (Å²) in [5.41, 5.74) is 0.745. The fraction of sp³-hybridized carbons (Fsp3) is 0.192. The summed E-state index contributed by atoms with van der Waals surface area (Å²) < 4.78 is 12.6. The molecule has 9 nitrogen and oxygen atoms in total. The SMILES string of the molecule is C#CCOc1c(Br)cc(/C=c2\sc3n(c2=O)[C@@H](c2ccccc2Cl)C(C(=O)OCC)=C(C)N=3)cc1[N+](=O)[O-]. The molecule has 0 spiro atoms. The van der Waals surface area contributed by atoms with Crippen LogP contribution in [0.15, 0.2) is 61.9 Å². The van der Waals surface area contributed by atoms with Gasteiger partial charge in [-0.3, -0.25) is 19.5 Å². The molecule has 1 aliphatic heterocycles. The van der Waals surface area contributed by atoms with E-state index in [1.54, 1.807) is 44.2 Å². The maximum Gasteiger partial charge on any atom is 0.338 e. The summed E-state index contributed by atoms with van der Waals surface area (Å²) in [6.45, 7) is 3.35. The number of ether oxygens (including phenoxy) is 2. The molecule has 2 heterocycles. The van der Waals surface area contributed by atoms with Crippen LogP contribution in [0, 0.1) is 22.5 Å². The normalized spacial score (nSPS) is 14.9. The number of nitro groups is 1. The lowest BCUT2D eigenvalue weighted by Gasteiger charge is -2.25. The number of fused-ring (bicyclic) bond motifs is 1. The molecule has 0 bridgehead atoms. The van der Waals surface area contributed by atoms with Gasteiger partial charge in [0.1, 0.15) is 12.6 Å². The molecule has 0 radical (unpaired) electrons. The molecule has 4 rings (SSSR count). The Balaban J connectivity index is 1.94. The van der Waals surface area contributed by atoms with Crippen molar-refractivity contribution in [3.05, 3.63) is 98.1 Å². The largest absolute Gasteiger partial charge is 0.473 e. The minimum Gasteiger partial charge on any atom is -0.473 e. The Kier molecular flexibility index (Phi) is 8.16. The van der Waals surface area contributed by atoms with Crippen LogP contribution in [0.1, 0.15) is 31.0 Å². The molecule has 2 aromatic carbocycles. The summed E-state index contributed by atoms with van der Waals surface area (Å²) in [6, 6.07) is 8.91. The van der Waals surface area contributed by atoms with Crippen molar-refractivity contribution in [2.45, 2.75) is 19.9 Å². The third-order valence-electron chi connectivity index (χ3n) is 5.56. The Morgan fingerprint density at radius 2 is 2.13 bits per heavy atom. The van der Waals surface area contributed by atoms with Crippen LogP contribution in [-0.4, -0.2) is 28.7 Å². The number of terminal acetylenes is 1. The van der Waals surface area contributed by atoms with Crippen molar-refractivity contribution >= 4 is 56.6 Å². The maximum atomic E-state index is 13.7. The Morgan fingerprint density at radius 1 is 1.39 bits per heavy atom. The monoisotopic (exact) mass is 615 g/mol. The van der Waals surface area contributed by atoms with Gasteiger partial charge in [-0.25, -0.2) is 9.79 Å². The van der Waals surface area contributed by atoms with Gasteiger partial charge in [-0.1, -0.05) is 47.1 Å². The Hall–Kier alpha value is -3.72. The molecule has 12 heteroatoms. The summed E-state index contributed by atoms with van der Waals surface area (Å²) in [5.74, 6) is 1.66. The molecule has 0 fully saturated rings. The molecule has 0 aliphatic carbocycles. The van der Waals surface area contributed by atoms with Crippen molar-refractivity contribution < 1.29 is 19.2 Å². The molecule has 1 aliphatic rings. The number of hydrogen-bond acceptors (Lipinski definition) is 8. The van der Waals surface area contributed by atoms with Gasteiger partial charge in [0.15, 0.2) is 4.80 Å². The first-order valence-corrected chi connectivity index (χ1v) is 13.1. The first-order valence-electron chi connectivity index (χ1n) is 11.2. The zero-order valence-corrected chi connectivity index (χ0v) is 23.2. The zero-order valence-electron chi connectivity index (χ0n) is 20.1. The lowest BCUT2D eigenvalue weighted by molar-refractivity contribution is -0.385. The average molecular weight is 617 g/mol. The summed E-state index contributed by atoms with van der Waals surface area (Å²) in [5, 5.41) is 12.1. The van der Waals surface area contributed by atoms with E-state index in [1.165, 1.54) is 16.7 Å². The van der Waals surface area contributed by atoms with Crippen LogP contribution in [0.3, 0.4) is 0 Å². The minimum atomic E-state index is -0.873. The lowest BCUT2D eigenvalue weighted by atomic mass is 9.96. The highest BCUT2D eigenvalue weighted by Gasteiger charge is 2.34. The number of allylic oxidation sites excluding steroid dienone is 1. The van der Waals surface area contributed by atoms with Crippen LogP contribution in [0.4, 0.5) is 5.69 Å². The van der Waals surface area contributed by atoms with Crippen LogP contribution in [-0.2, 0) is 9.53 Å². The van der Waals surface area contributed by atoms with E-state index in [9.17, 15) is 19.7 Å². The summed E-state index contributed by atoms with van der Waals surface area (Å²) >= 11 is 10.9. The first-order chi connectivity index (χ1) is 18.2. The molecule has 0 saturated heterocycles. The van der Waals surface area contributed by atoms with Gasteiger partial charge in [-0.05, 0) is 59.1 Å². The Morgan fingerprint density at radius 3 is 2.79 bits per heavy atom. The third-order valence-corrected chi connectivity index (χ3v) is 7.47. The summed E-state index contributed by atoms with van der Waals surface area (Å²) in [6.07, 6.45) is 6.73. The second-order valence-electron chi connectivity index (χ2n) is 7.92. The lowest BCUT2D eigenvalue weighted by Crippen LogP contribution is -2.40. The van der Waals surface area contributed by atoms with Gasteiger partial charge in [-0.2, -0.15) is 0 Å². The smallest absolute Gasteiger partial charge is 0.338 e. The van der Waals surface area contributed by atoms with E-state index in [-0.39, 0.29) is 34.8 Å². The first kappa shape index (κ1) is 27.3. The number of nitro benzene ring substituents is 1. The average Bonchev–Trinajstić information content (AvgIpc) is 3.17. The van der Waals surface area contributed by atoms with E-state index in [2.05, 4.69) is 26.8 Å². The van der Waals surface area contributed by atoms with E-state index < -0.39 is 22.5 Å². The molecule has 1 atom stereocenters. The highest BCUT2D eigenvalue weighted by Crippen LogP contribution is 2.37. The van der Waals surface area contributed by atoms with Crippen LogP contribution in [0.25, 0.3) is 6.08 Å². The van der Waals surface area contributed by atoms with Crippen molar-refractivity contribution in [2.75, 3.05) is 13.2 Å². The number of esters is 1. The number of carbonyl (C=O) groups is 1. The zero-order chi connectivity index (χ0) is 27.6. The van der Waals surface area contributed by atoms with Gasteiger partial charge < -0.3 is 9.47 Å². The van der Waals surface area contributed by atoms with Crippen molar-refractivity contribution in [1.82, 2.24) is 4.57 Å². The summed E-state index contributed by atoms with van der Waals surface area (Å²) in [7, 11) is 0. The topological polar surface area (TPSA) is 113 Å². The number of aromatic nitrogens is 1. The standard InChI is InChI=1S/C26H19BrClN3O6S/c1-4-10-37-23-17(27)11-15(12-19(23)31(34)35)13-20-24(32)30-22(16-8-6-7-9-18(16)28)21(25(33)36-5-2)14(3)29-26(30)38-20/h1,6-9,11-13,22H,5,10H2,2-3H3/b20-13-/t22-/m0/s1. The van der Waals surface area contributed by atoms with E-state index in [1.807, 2.05) is 0 Å². The van der Waals surface area contributed by atoms with Gasteiger partial charge in [0.05, 0.1) is 31.8 Å². The number of thiazole rings is 1. The van der Waals surface area contributed by atoms with Crippen molar-refractivity contribution in [1.29, 1.82) is 0 Å². The number of benzene rings is 2. The minimum absolute atomic E-state index is 0.0139. The van der Waals surface area contributed by atoms with Crippen molar-refractivity contribution in [3.8, 4) is 18.1 Å². The third kappa shape index (κ3) is 5.15. The van der Waals surface area contributed by atoms with Gasteiger partial charge >= 0.3 is 11.7 Å². The van der Waals surface area contributed by atoms with Crippen LogP contribution >= 0.6 is 38.9 Å². The molecular weight excluding hydrogens is 598 g/mol. The number of hydrogen-bond donors (Lipinski definition) is 0. The van der Waals surface area contributed by atoms with Gasteiger partial charge in [0.2, 0.25) is 5.75 Å². The molecule has 0 unspecified atom stereocenters. The van der Waals surface area contributed by atoms with E-state index >= 15 is 0 Å². The highest BCUT2D eigenvalue weighted by atomic mass is 79.9. The number of carbonyl (C=O) groups excluding carboxylic acids is 1. The van der Waals surface area contributed by atoms with Gasteiger partial charge in [0.25, 0.3) is 5.56 Å². The molecule has 0 N–H and O–H groups in total. The molecule has 38 heavy (non-hydrogen) atoms. The van der Waals surface area contributed by atoms with Gasteiger partial charge in [0, 0.05) is 11.1 Å². The molecule has 194 valence electrons. The summed E-state index contributed by atoms with van der Waals surface area (Å²) in [4.78, 5) is 42.7. The van der Waals surface area contributed by atoms with Crippen LogP contribution in [0.5, 0.6) is 5.75 Å². The van der Waals surface area contributed by atoms with Gasteiger partial charge in [-0.15, -0.1) is 6.42 Å². The van der Waals surface area contributed by atoms with E-state index in [4.69, 9.17) is 27.5 Å². The maximum absolute atomic E-state index is 13.7. The fourth-order valence-electron chi connectivity index (χ4n) is 4.01. The van der Waals surface area contributed by atoms with E-state index in [0.29, 0.717) is 31.1 Å². The number of rotatable bonds is 7. The van der Waals surface area contributed by atoms with Crippen molar-refractivity contribution in [3.63, 3.8) is 0 Å². The Labute approximate surface area is 234 Å². The molecule has 1 aromatic heterocycles. The molecule has 3 aromatic rings. The predicted molar refractivity (Wildman–Crippen MR) is 147 cm³/mol. The molecule has 0 saturated carbocycles. The number of nitrogens with zero attached hydrogens (tertiary/aromatic N) is 3. The fourth-order valence-corrected chi connectivity index (χ4v) is 5.88. The second kappa shape index (κ2) is 11.3. The second-order valence-corrected chi connectivity index (χ2v) is 10.2.